The summed E-state index contributed by atoms with van der Waals surface area (Å²) in [6.45, 7) is 4.50. The van der Waals surface area contributed by atoms with Crippen molar-refractivity contribution in [3.05, 3.63) is 47.7 Å². The highest BCUT2D eigenvalue weighted by Crippen LogP contribution is 2.28. The molecule has 130 valence electrons. The first-order valence-electron chi connectivity index (χ1n) is 8.30. The maximum absolute atomic E-state index is 5.79. The smallest absolute Gasteiger partial charge is 0.257 e. The fourth-order valence-corrected chi connectivity index (χ4v) is 3.69. The molecule has 1 aliphatic heterocycles. The van der Waals surface area contributed by atoms with Crippen molar-refractivity contribution in [1.82, 2.24) is 15.1 Å². The zero-order valence-corrected chi connectivity index (χ0v) is 14.9. The molecule has 1 fully saturated rings. The van der Waals surface area contributed by atoms with E-state index < -0.39 is 0 Å². The summed E-state index contributed by atoms with van der Waals surface area (Å²) >= 11 is 1.61. The van der Waals surface area contributed by atoms with E-state index in [4.69, 9.17) is 9.15 Å². The molecule has 3 heterocycles. The zero-order chi connectivity index (χ0) is 17.1. The quantitative estimate of drug-likeness (QED) is 0.700. The summed E-state index contributed by atoms with van der Waals surface area (Å²) in [6.07, 6.45) is 0. The lowest BCUT2D eigenvalue weighted by Crippen LogP contribution is -2.46. The summed E-state index contributed by atoms with van der Waals surface area (Å²) in [5.41, 5.74) is 1.16. The molecule has 3 aromatic rings. The van der Waals surface area contributed by atoms with E-state index in [2.05, 4.69) is 32.1 Å². The Balaban J connectivity index is 1.36. The van der Waals surface area contributed by atoms with Crippen molar-refractivity contribution in [3.63, 3.8) is 0 Å². The number of aromatic nitrogens is 2. The lowest BCUT2D eigenvalue weighted by Gasteiger charge is -2.35. The lowest BCUT2D eigenvalue weighted by atomic mass is 10.2. The van der Waals surface area contributed by atoms with Crippen molar-refractivity contribution < 1.29 is 9.15 Å². The van der Waals surface area contributed by atoms with Crippen LogP contribution in [-0.2, 0) is 6.54 Å². The second-order valence-corrected chi connectivity index (χ2v) is 6.86. The van der Waals surface area contributed by atoms with Gasteiger partial charge in [-0.2, -0.15) is 0 Å². The van der Waals surface area contributed by atoms with Crippen LogP contribution in [0.2, 0.25) is 0 Å². The maximum atomic E-state index is 5.79. The Morgan fingerprint density at radius 1 is 1.08 bits per heavy atom. The minimum atomic E-state index is 0.609. The van der Waals surface area contributed by atoms with Crippen LogP contribution in [0, 0.1) is 0 Å². The molecule has 1 aromatic carbocycles. The van der Waals surface area contributed by atoms with Crippen molar-refractivity contribution >= 4 is 17.0 Å². The summed E-state index contributed by atoms with van der Waals surface area (Å²) in [7, 11) is 1.72. The first-order valence-corrected chi connectivity index (χ1v) is 9.18. The highest BCUT2D eigenvalue weighted by atomic mass is 32.1. The first-order chi connectivity index (χ1) is 12.3. The topological polar surface area (TPSA) is 54.6 Å². The van der Waals surface area contributed by atoms with Gasteiger partial charge in [0, 0.05) is 26.2 Å². The summed E-state index contributed by atoms with van der Waals surface area (Å²) in [5.74, 6) is 2.21. The van der Waals surface area contributed by atoms with Crippen LogP contribution in [0.25, 0.3) is 10.8 Å². The van der Waals surface area contributed by atoms with E-state index in [1.165, 1.54) is 0 Å². The second-order valence-electron chi connectivity index (χ2n) is 5.91. The van der Waals surface area contributed by atoms with Gasteiger partial charge in [-0.25, -0.2) is 0 Å². The lowest BCUT2D eigenvalue weighted by molar-refractivity contribution is 0.226. The van der Waals surface area contributed by atoms with Crippen molar-refractivity contribution in [2.45, 2.75) is 6.54 Å². The van der Waals surface area contributed by atoms with Crippen LogP contribution < -0.4 is 9.64 Å². The Kier molecular flexibility index (Phi) is 4.67. The van der Waals surface area contributed by atoms with Crippen molar-refractivity contribution in [1.29, 1.82) is 0 Å². The number of thiophene rings is 1. The number of anilines is 1. The standard InChI is InChI=1S/C18H20N4O2S/c1-23-15-6-3-2-5-14(15)22-10-8-21(9-11-22)13-17-19-20-18(24-17)16-7-4-12-25-16/h2-7,12H,8-11,13H2,1H3. The molecule has 0 spiro atoms. The fraction of sp³-hybridized carbons (Fsp3) is 0.333. The van der Waals surface area contributed by atoms with Crippen LogP contribution in [0.15, 0.2) is 46.2 Å². The molecular weight excluding hydrogens is 336 g/mol. The van der Waals surface area contributed by atoms with Gasteiger partial charge in [0.25, 0.3) is 5.89 Å². The van der Waals surface area contributed by atoms with Crippen LogP contribution in [0.5, 0.6) is 5.75 Å². The molecule has 1 saturated heterocycles. The van der Waals surface area contributed by atoms with Crippen molar-refractivity contribution in [2.75, 3.05) is 38.2 Å². The van der Waals surface area contributed by atoms with Gasteiger partial charge in [-0.1, -0.05) is 18.2 Å². The summed E-state index contributed by atoms with van der Waals surface area (Å²) < 4.78 is 11.3. The number of hydrogen-bond acceptors (Lipinski definition) is 7. The van der Waals surface area contributed by atoms with E-state index in [0.717, 1.165) is 42.5 Å². The Hall–Kier alpha value is -2.38. The van der Waals surface area contributed by atoms with Crippen molar-refractivity contribution in [2.24, 2.45) is 0 Å². The molecule has 25 heavy (non-hydrogen) atoms. The van der Waals surface area contributed by atoms with Crippen molar-refractivity contribution in [3.8, 4) is 16.5 Å². The average molecular weight is 356 g/mol. The number of benzene rings is 1. The van der Waals surface area contributed by atoms with E-state index in [9.17, 15) is 0 Å². The molecule has 0 saturated carbocycles. The van der Waals surface area contributed by atoms with Gasteiger partial charge in [-0.15, -0.1) is 21.5 Å². The molecule has 0 radical (unpaired) electrons. The van der Waals surface area contributed by atoms with Crippen LogP contribution >= 0.6 is 11.3 Å². The highest BCUT2D eigenvalue weighted by Gasteiger charge is 2.21. The number of rotatable bonds is 5. The molecule has 0 unspecified atom stereocenters. The third-order valence-electron chi connectivity index (χ3n) is 4.36. The number of para-hydroxylation sites is 2. The van der Waals surface area contributed by atoms with E-state index >= 15 is 0 Å². The summed E-state index contributed by atoms with van der Waals surface area (Å²) in [5, 5.41) is 10.3. The van der Waals surface area contributed by atoms with E-state index in [0.29, 0.717) is 18.3 Å². The monoisotopic (exact) mass is 356 g/mol. The number of nitrogens with zero attached hydrogens (tertiary/aromatic N) is 4. The molecule has 7 heteroatoms. The normalized spacial score (nSPS) is 15.5. The number of ether oxygens (including phenoxy) is 1. The van der Waals surface area contributed by atoms with Crippen LogP contribution in [0.4, 0.5) is 5.69 Å². The van der Waals surface area contributed by atoms with E-state index in [-0.39, 0.29) is 0 Å². The third kappa shape index (κ3) is 3.52. The molecule has 6 nitrogen and oxygen atoms in total. The SMILES string of the molecule is COc1ccccc1N1CCN(Cc2nnc(-c3cccs3)o2)CC1. The summed E-state index contributed by atoms with van der Waals surface area (Å²) in [4.78, 5) is 5.72. The molecule has 0 bridgehead atoms. The Morgan fingerprint density at radius 2 is 1.92 bits per heavy atom. The van der Waals surface area contributed by atoms with Crippen LogP contribution in [0.1, 0.15) is 5.89 Å². The minimum Gasteiger partial charge on any atom is -0.495 e. The largest absolute Gasteiger partial charge is 0.495 e. The van der Waals surface area contributed by atoms with Gasteiger partial charge in [-0.05, 0) is 23.6 Å². The van der Waals surface area contributed by atoms with Gasteiger partial charge in [0.15, 0.2) is 0 Å². The van der Waals surface area contributed by atoms with Crippen LogP contribution in [-0.4, -0.2) is 48.4 Å². The zero-order valence-electron chi connectivity index (χ0n) is 14.1. The second kappa shape index (κ2) is 7.25. The highest BCUT2D eigenvalue weighted by molar-refractivity contribution is 7.13. The predicted molar refractivity (Wildman–Crippen MR) is 98.1 cm³/mol. The molecule has 1 aliphatic rings. The maximum Gasteiger partial charge on any atom is 0.257 e. The molecule has 0 atom stereocenters. The molecule has 2 aromatic heterocycles. The van der Waals surface area contributed by atoms with Crippen LogP contribution in [0.3, 0.4) is 0 Å². The van der Waals surface area contributed by atoms with Gasteiger partial charge in [0.2, 0.25) is 5.89 Å². The predicted octanol–water partition coefficient (Wildman–Crippen LogP) is 3.13. The molecule has 0 aliphatic carbocycles. The minimum absolute atomic E-state index is 0.609. The van der Waals surface area contributed by atoms with Gasteiger partial charge in [-0.3, -0.25) is 4.90 Å². The molecule has 0 amide bonds. The fourth-order valence-electron chi connectivity index (χ4n) is 3.05. The van der Waals surface area contributed by atoms with E-state index in [1.807, 2.05) is 29.6 Å². The third-order valence-corrected chi connectivity index (χ3v) is 5.21. The molecule has 0 N–H and O–H groups in total. The number of piperazine rings is 1. The number of methoxy groups -OCH3 is 1. The Labute approximate surface area is 150 Å². The Morgan fingerprint density at radius 3 is 2.68 bits per heavy atom. The van der Waals surface area contributed by atoms with Gasteiger partial charge < -0.3 is 14.1 Å². The van der Waals surface area contributed by atoms with Gasteiger partial charge in [0.1, 0.15) is 5.75 Å². The Bertz CT molecular complexity index is 810. The van der Waals surface area contributed by atoms with Gasteiger partial charge in [0.05, 0.1) is 24.2 Å². The average Bonchev–Trinajstić information content (AvgIpc) is 3.34. The first kappa shape index (κ1) is 16.1. The van der Waals surface area contributed by atoms with E-state index in [1.54, 1.807) is 18.4 Å². The van der Waals surface area contributed by atoms with Gasteiger partial charge >= 0.3 is 0 Å². The number of hydrogen-bond donors (Lipinski definition) is 0. The summed E-state index contributed by atoms with van der Waals surface area (Å²) in [6, 6.07) is 12.1. The molecular formula is C18H20N4O2S. The molecule has 4 rings (SSSR count).